The molecule has 1 fully saturated rings. The quantitative estimate of drug-likeness (QED) is 0.497. The van der Waals surface area contributed by atoms with Gasteiger partial charge < -0.3 is 0 Å². The van der Waals surface area contributed by atoms with Crippen molar-refractivity contribution in [3.63, 3.8) is 0 Å². The molecular weight excluding hydrogens is 240 g/mol. The van der Waals surface area contributed by atoms with Crippen LogP contribution in [0.4, 0.5) is 0 Å². The Morgan fingerprint density at radius 1 is 0.850 bits per heavy atom. The Bertz CT molecular complexity index is 354. The molecule has 2 rings (SSSR count). The Morgan fingerprint density at radius 3 is 2.15 bits per heavy atom. The highest BCUT2D eigenvalue weighted by atomic mass is 14.3. The van der Waals surface area contributed by atoms with E-state index in [4.69, 9.17) is 0 Å². The lowest BCUT2D eigenvalue weighted by molar-refractivity contribution is 0.319. The van der Waals surface area contributed by atoms with Gasteiger partial charge in [-0.1, -0.05) is 63.8 Å². The molecule has 1 aliphatic rings. The summed E-state index contributed by atoms with van der Waals surface area (Å²) in [6.45, 7) is 4.63. The standard InChI is InChI=1S/C20H32/c1-3-5-6-7-8-18-11-15-20(16-12-18)19-13-9-17(4-2)10-14-19/h11-12,15-17,19H,3-10,13-14H2,1-2H3/t17-,19-. The molecule has 0 aliphatic heterocycles. The van der Waals surface area contributed by atoms with Crippen LogP contribution < -0.4 is 0 Å². The largest absolute Gasteiger partial charge is 0.0654 e. The van der Waals surface area contributed by atoms with E-state index in [0.29, 0.717) is 0 Å². The van der Waals surface area contributed by atoms with Gasteiger partial charge in [0.05, 0.1) is 0 Å². The van der Waals surface area contributed by atoms with Crippen molar-refractivity contribution in [2.75, 3.05) is 0 Å². The summed E-state index contributed by atoms with van der Waals surface area (Å²) in [5.41, 5.74) is 3.13. The van der Waals surface area contributed by atoms with Gasteiger partial charge >= 0.3 is 0 Å². The van der Waals surface area contributed by atoms with Crippen LogP contribution in [0.25, 0.3) is 0 Å². The maximum Gasteiger partial charge on any atom is -0.0162 e. The fourth-order valence-electron chi connectivity index (χ4n) is 3.62. The normalized spacial score (nSPS) is 22.9. The van der Waals surface area contributed by atoms with Crippen LogP contribution in [-0.2, 0) is 6.42 Å². The number of hydrogen-bond donors (Lipinski definition) is 0. The van der Waals surface area contributed by atoms with Crippen LogP contribution in [0.3, 0.4) is 0 Å². The summed E-state index contributed by atoms with van der Waals surface area (Å²) in [6.07, 6.45) is 13.8. The predicted octanol–water partition coefficient (Wildman–Crippen LogP) is 6.49. The monoisotopic (exact) mass is 272 g/mol. The van der Waals surface area contributed by atoms with E-state index in [2.05, 4.69) is 38.1 Å². The number of rotatable bonds is 7. The molecule has 0 N–H and O–H groups in total. The number of hydrogen-bond acceptors (Lipinski definition) is 0. The summed E-state index contributed by atoms with van der Waals surface area (Å²) in [6, 6.07) is 9.58. The molecule has 20 heavy (non-hydrogen) atoms. The molecule has 0 heteroatoms. The van der Waals surface area contributed by atoms with Crippen LogP contribution in [0, 0.1) is 5.92 Å². The van der Waals surface area contributed by atoms with Crippen molar-refractivity contribution in [1.82, 2.24) is 0 Å². The van der Waals surface area contributed by atoms with Crippen molar-refractivity contribution in [2.45, 2.75) is 84.0 Å². The van der Waals surface area contributed by atoms with Crippen molar-refractivity contribution >= 4 is 0 Å². The average molecular weight is 272 g/mol. The van der Waals surface area contributed by atoms with E-state index in [1.165, 1.54) is 69.8 Å². The Hall–Kier alpha value is -0.780. The van der Waals surface area contributed by atoms with E-state index in [1.807, 2.05) is 0 Å². The fourth-order valence-corrected chi connectivity index (χ4v) is 3.62. The van der Waals surface area contributed by atoms with E-state index in [0.717, 1.165) is 11.8 Å². The molecule has 0 bridgehead atoms. The Labute approximate surface area is 126 Å². The molecule has 0 amide bonds. The zero-order valence-electron chi connectivity index (χ0n) is 13.5. The molecule has 0 spiro atoms. The third kappa shape index (κ3) is 4.65. The Kier molecular flexibility index (Phi) is 6.63. The van der Waals surface area contributed by atoms with Gasteiger partial charge in [-0.05, 0) is 61.5 Å². The average Bonchev–Trinajstić information content (AvgIpc) is 2.52. The van der Waals surface area contributed by atoms with Gasteiger partial charge in [-0.15, -0.1) is 0 Å². The van der Waals surface area contributed by atoms with Crippen LogP contribution in [0.15, 0.2) is 24.3 Å². The lowest BCUT2D eigenvalue weighted by Crippen LogP contribution is -2.12. The SMILES string of the molecule is CCCCCCc1ccc([C@H]2CC[C@H](CC)CC2)cc1. The Balaban J connectivity index is 1.79. The lowest BCUT2D eigenvalue weighted by atomic mass is 9.78. The van der Waals surface area contributed by atoms with E-state index in [9.17, 15) is 0 Å². The van der Waals surface area contributed by atoms with Crippen LogP contribution >= 0.6 is 0 Å². The minimum atomic E-state index is 0.840. The summed E-state index contributed by atoms with van der Waals surface area (Å²) in [5, 5.41) is 0. The smallest absolute Gasteiger partial charge is 0.0162 e. The summed E-state index contributed by atoms with van der Waals surface area (Å²) in [5.74, 6) is 1.84. The van der Waals surface area contributed by atoms with Gasteiger partial charge in [0.1, 0.15) is 0 Å². The van der Waals surface area contributed by atoms with Gasteiger partial charge in [0.25, 0.3) is 0 Å². The van der Waals surface area contributed by atoms with Crippen molar-refractivity contribution < 1.29 is 0 Å². The highest BCUT2D eigenvalue weighted by Crippen LogP contribution is 2.36. The molecule has 1 saturated carbocycles. The zero-order chi connectivity index (χ0) is 14.2. The molecule has 0 radical (unpaired) electrons. The first-order chi connectivity index (χ1) is 9.83. The van der Waals surface area contributed by atoms with Crippen LogP contribution in [0.5, 0.6) is 0 Å². The van der Waals surface area contributed by atoms with E-state index >= 15 is 0 Å². The van der Waals surface area contributed by atoms with Gasteiger partial charge in [0.15, 0.2) is 0 Å². The highest BCUT2D eigenvalue weighted by Gasteiger charge is 2.20. The highest BCUT2D eigenvalue weighted by molar-refractivity contribution is 5.25. The molecule has 0 aromatic heterocycles. The second kappa shape index (κ2) is 8.49. The number of aryl methyl sites for hydroxylation is 1. The maximum absolute atomic E-state index is 2.41. The topological polar surface area (TPSA) is 0 Å². The third-order valence-electron chi connectivity index (χ3n) is 5.19. The minimum Gasteiger partial charge on any atom is -0.0654 e. The van der Waals surface area contributed by atoms with Gasteiger partial charge in [-0.2, -0.15) is 0 Å². The van der Waals surface area contributed by atoms with E-state index in [-0.39, 0.29) is 0 Å². The van der Waals surface area contributed by atoms with E-state index in [1.54, 1.807) is 5.56 Å². The number of unbranched alkanes of at least 4 members (excludes halogenated alkanes) is 3. The molecule has 0 atom stereocenters. The fraction of sp³-hybridized carbons (Fsp3) is 0.700. The summed E-state index contributed by atoms with van der Waals surface area (Å²) in [7, 11) is 0. The molecule has 1 aromatic rings. The molecular formula is C20H32. The predicted molar refractivity (Wildman–Crippen MR) is 89.3 cm³/mol. The molecule has 1 aromatic carbocycles. The summed E-state index contributed by atoms with van der Waals surface area (Å²) >= 11 is 0. The maximum atomic E-state index is 2.41. The molecule has 112 valence electrons. The van der Waals surface area contributed by atoms with Crippen molar-refractivity contribution in [1.29, 1.82) is 0 Å². The first kappa shape index (κ1) is 15.6. The van der Waals surface area contributed by atoms with E-state index < -0.39 is 0 Å². The van der Waals surface area contributed by atoms with Crippen LogP contribution in [0.1, 0.15) is 88.7 Å². The first-order valence-corrected chi connectivity index (χ1v) is 8.92. The summed E-state index contributed by atoms with van der Waals surface area (Å²) in [4.78, 5) is 0. The van der Waals surface area contributed by atoms with Gasteiger partial charge in [0.2, 0.25) is 0 Å². The zero-order valence-corrected chi connectivity index (χ0v) is 13.5. The lowest BCUT2D eigenvalue weighted by Gasteiger charge is -2.28. The van der Waals surface area contributed by atoms with Gasteiger partial charge in [-0.3, -0.25) is 0 Å². The molecule has 0 unspecified atom stereocenters. The molecule has 0 heterocycles. The summed E-state index contributed by atoms with van der Waals surface area (Å²) < 4.78 is 0. The first-order valence-electron chi connectivity index (χ1n) is 8.92. The molecule has 1 aliphatic carbocycles. The second-order valence-electron chi connectivity index (χ2n) is 6.68. The van der Waals surface area contributed by atoms with Crippen molar-refractivity contribution in [2.24, 2.45) is 5.92 Å². The van der Waals surface area contributed by atoms with Gasteiger partial charge in [0, 0.05) is 0 Å². The third-order valence-corrected chi connectivity index (χ3v) is 5.19. The van der Waals surface area contributed by atoms with Crippen LogP contribution in [-0.4, -0.2) is 0 Å². The van der Waals surface area contributed by atoms with Crippen molar-refractivity contribution in [3.05, 3.63) is 35.4 Å². The minimum absolute atomic E-state index is 0.840. The molecule has 0 nitrogen and oxygen atoms in total. The Morgan fingerprint density at radius 2 is 1.55 bits per heavy atom. The van der Waals surface area contributed by atoms with Gasteiger partial charge in [-0.25, -0.2) is 0 Å². The number of benzene rings is 1. The second-order valence-corrected chi connectivity index (χ2v) is 6.68. The van der Waals surface area contributed by atoms with Crippen molar-refractivity contribution in [3.8, 4) is 0 Å². The van der Waals surface area contributed by atoms with Crippen LogP contribution in [0.2, 0.25) is 0 Å². The molecule has 0 saturated heterocycles.